The van der Waals surface area contributed by atoms with Crippen molar-refractivity contribution in [1.29, 1.82) is 0 Å². The highest BCUT2D eigenvalue weighted by Gasteiger charge is 2.50. The number of fused-ring (bicyclic) bond motifs is 1. The van der Waals surface area contributed by atoms with Crippen LogP contribution in [0.1, 0.15) is 79.6 Å². The SMILES string of the molecule is C=C1[C@H](O)CC(=CC=C2CCC[C@]3(C)C([C@H](C)C=C[C@@H](C)C(C)(C)O)CC[C@@H]23)C[C@H]1O. The normalized spacial score (nSPS) is 37.9. The summed E-state index contributed by atoms with van der Waals surface area (Å²) < 4.78 is 0. The zero-order valence-electron chi connectivity index (χ0n) is 20.3. The van der Waals surface area contributed by atoms with Gasteiger partial charge < -0.3 is 15.3 Å². The lowest BCUT2D eigenvalue weighted by Gasteiger charge is -2.44. The van der Waals surface area contributed by atoms with Crippen molar-refractivity contribution in [2.45, 2.75) is 97.4 Å². The molecule has 0 heterocycles. The molecule has 0 aliphatic heterocycles. The van der Waals surface area contributed by atoms with Gasteiger partial charge >= 0.3 is 0 Å². The van der Waals surface area contributed by atoms with Crippen molar-refractivity contribution >= 4 is 0 Å². The minimum absolute atomic E-state index is 0.144. The van der Waals surface area contributed by atoms with Crippen LogP contribution in [0.2, 0.25) is 0 Å². The van der Waals surface area contributed by atoms with Crippen LogP contribution >= 0.6 is 0 Å². The number of hydrogen-bond donors (Lipinski definition) is 3. The molecule has 0 bridgehead atoms. The van der Waals surface area contributed by atoms with Gasteiger partial charge in [0.2, 0.25) is 0 Å². The van der Waals surface area contributed by atoms with E-state index in [0.717, 1.165) is 12.0 Å². The summed E-state index contributed by atoms with van der Waals surface area (Å²) in [5, 5.41) is 30.5. The molecule has 3 fully saturated rings. The zero-order chi connectivity index (χ0) is 23.0. The first-order valence-electron chi connectivity index (χ1n) is 12.3. The molecule has 3 N–H and O–H groups in total. The Labute approximate surface area is 189 Å². The highest BCUT2D eigenvalue weighted by Crippen LogP contribution is 2.59. The molecule has 3 heteroatoms. The summed E-state index contributed by atoms with van der Waals surface area (Å²) in [5.41, 5.74) is 2.87. The van der Waals surface area contributed by atoms with Crippen LogP contribution in [0.5, 0.6) is 0 Å². The molecule has 1 unspecified atom stereocenters. The molecule has 3 aliphatic carbocycles. The topological polar surface area (TPSA) is 60.7 Å². The van der Waals surface area contributed by atoms with Crippen molar-refractivity contribution in [3.8, 4) is 0 Å². The third-order valence-corrected chi connectivity index (χ3v) is 8.79. The lowest BCUT2D eigenvalue weighted by molar-refractivity contribution is 0.0436. The first-order chi connectivity index (χ1) is 14.4. The maximum Gasteiger partial charge on any atom is 0.0809 e. The van der Waals surface area contributed by atoms with E-state index in [1.165, 1.54) is 25.7 Å². The third kappa shape index (κ3) is 5.26. The Morgan fingerprint density at radius 2 is 1.71 bits per heavy atom. The maximum absolute atomic E-state index is 10.3. The van der Waals surface area contributed by atoms with Gasteiger partial charge in [-0.3, -0.25) is 0 Å². The molecule has 174 valence electrons. The fourth-order valence-corrected chi connectivity index (χ4v) is 6.28. The maximum atomic E-state index is 10.3. The molecule has 0 radical (unpaired) electrons. The predicted octanol–water partition coefficient (Wildman–Crippen LogP) is 5.73. The van der Waals surface area contributed by atoms with Gasteiger partial charge in [0, 0.05) is 5.92 Å². The zero-order valence-corrected chi connectivity index (χ0v) is 20.3. The van der Waals surface area contributed by atoms with E-state index in [1.807, 2.05) is 13.8 Å². The molecule has 3 rings (SSSR count). The van der Waals surface area contributed by atoms with Crippen LogP contribution in [-0.2, 0) is 0 Å². The fourth-order valence-electron chi connectivity index (χ4n) is 6.28. The minimum Gasteiger partial charge on any atom is -0.390 e. The lowest BCUT2D eigenvalue weighted by atomic mass is 9.61. The van der Waals surface area contributed by atoms with Crippen LogP contribution in [0.25, 0.3) is 0 Å². The minimum atomic E-state index is -0.681. The van der Waals surface area contributed by atoms with Crippen LogP contribution < -0.4 is 0 Å². The van der Waals surface area contributed by atoms with Gasteiger partial charge in [0.15, 0.2) is 0 Å². The van der Waals surface area contributed by atoms with E-state index >= 15 is 0 Å². The molecule has 3 saturated carbocycles. The second kappa shape index (κ2) is 9.37. The van der Waals surface area contributed by atoms with Gasteiger partial charge in [-0.05, 0) is 87.5 Å². The average Bonchev–Trinajstić information content (AvgIpc) is 3.05. The van der Waals surface area contributed by atoms with E-state index in [4.69, 9.17) is 0 Å². The van der Waals surface area contributed by atoms with Gasteiger partial charge in [-0.1, -0.05) is 62.8 Å². The molecule has 3 nitrogen and oxygen atoms in total. The molecule has 0 aromatic rings. The summed E-state index contributed by atoms with van der Waals surface area (Å²) >= 11 is 0. The highest BCUT2D eigenvalue weighted by atomic mass is 16.3. The third-order valence-electron chi connectivity index (χ3n) is 8.79. The largest absolute Gasteiger partial charge is 0.390 e. The standard InChI is InChI=1S/C28H44O3/c1-18(9-10-19(2)27(4,5)31)23-13-14-24-22(8-7-15-28(23,24)6)12-11-21-16-25(29)20(3)26(30)17-21/h9-12,18-19,23-26,29-31H,3,7-8,13-17H2,1-2,4-6H3/t18-,19-,23?,24+,25-,26-,28-/m1/s1. The molecule has 0 spiro atoms. The number of aliphatic hydroxyl groups is 3. The van der Waals surface area contributed by atoms with E-state index in [1.54, 1.807) is 5.57 Å². The molecule has 0 aromatic carbocycles. The highest BCUT2D eigenvalue weighted by molar-refractivity contribution is 5.29. The van der Waals surface area contributed by atoms with Crippen LogP contribution in [0, 0.1) is 29.1 Å². The summed E-state index contributed by atoms with van der Waals surface area (Å²) in [6.07, 6.45) is 15.1. The lowest BCUT2D eigenvalue weighted by Crippen LogP contribution is -2.35. The number of aliphatic hydroxyl groups excluding tert-OH is 2. The second-order valence-corrected chi connectivity index (χ2v) is 11.4. The predicted molar refractivity (Wildman–Crippen MR) is 128 cm³/mol. The molecule has 0 aromatic heterocycles. The summed E-state index contributed by atoms with van der Waals surface area (Å²) in [6.45, 7) is 14.5. The molecule has 7 atom stereocenters. The van der Waals surface area contributed by atoms with Crippen LogP contribution in [0.3, 0.4) is 0 Å². The summed E-state index contributed by atoms with van der Waals surface area (Å²) in [6, 6.07) is 0. The Morgan fingerprint density at radius 1 is 1.06 bits per heavy atom. The van der Waals surface area contributed by atoms with Crippen molar-refractivity contribution in [3.63, 3.8) is 0 Å². The molecule has 0 amide bonds. The summed E-state index contributed by atoms with van der Waals surface area (Å²) in [4.78, 5) is 0. The van der Waals surface area contributed by atoms with Gasteiger partial charge in [-0.15, -0.1) is 0 Å². The van der Waals surface area contributed by atoms with Gasteiger partial charge in [-0.2, -0.15) is 0 Å². The van der Waals surface area contributed by atoms with Gasteiger partial charge in [-0.25, -0.2) is 0 Å². The Kier molecular flexibility index (Phi) is 7.40. The van der Waals surface area contributed by atoms with E-state index in [2.05, 4.69) is 51.7 Å². The Balaban J connectivity index is 1.73. The van der Waals surface area contributed by atoms with Crippen molar-refractivity contribution in [2.75, 3.05) is 0 Å². The van der Waals surface area contributed by atoms with E-state index in [0.29, 0.717) is 41.6 Å². The average molecular weight is 429 g/mol. The van der Waals surface area contributed by atoms with Crippen LogP contribution in [0.15, 0.2) is 47.6 Å². The summed E-state index contributed by atoms with van der Waals surface area (Å²) in [5.74, 6) is 1.94. The van der Waals surface area contributed by atoms with Crippen molar-refractivity contribution < 1.29 is 15.3 Å². The van der Waals surface area contributed by atoms with Crippen molar-refractivity contribution in [3.05, 3.63) is 47.6 Å². The van der Waals surface area contributed by atoms with E-state index in [-0.39, 0.29) is 5.92 Å². The van der Waals surface area contributed by atoms with E-state index in [9.17, 15) is 15.3 Å². The smallest absolute Gasteiger partial charge is 0.0809 e. The molecule has 31 heavy (non-hydrogen) atoms. The number of hydrogen-bond acceptors (Lipinski definition) is 3. The number of allylic oxidation sites excluding steroid dienone is 4. The van der Waals surface area contributed by atoms with Gasteiger partial charge in [0.25, 0.3) is 0 Å². The molecular formula is C28H44O3. The first-order valence-corrected chi connectivity index (χ1v) is 12.3. The molecular weight excluding hydrogens is 384 g/mol. The van der Waals surface area contributed by atoms with Gasteiger partial charge in [0.1, 0.15) is 0 Å². The molecule has 0 saturated heterocycles. The first kappa shape index (κ1) is 24.5. The summed E-state index contributed by atoms with van der Waals surface area (Å²) in [7, 11) is 0. The monoisotopic (exact) mass is 428 g/mol. The number of rotatable bonds is 5. The van der Waals surface area contributed by atoms with Crippen LogP contribution in [-0.4, -0.2) is 33.1 Å². The van der Waals surface area contributed by atoms with Crippen LogP contribution in [0.4, 0.5) is 0 Å². The van der Waals surface area contributed by atoms with Crippen molar-refractivity contribution in [1.82, 2.24) is 0 Å². The fraction of sp³-hybridized carbons (Fsp3) is 0.714. The van der Waals surface area contributed by atoms with Crippen molar-refractivity contribution in [2.24, 2.45) is 29.1 Å². The second-order valence-electron chi connectivity index (χ2n) is 11.4. The quantitative estimate of drug-likeness (QED) is 0.490. The molecule has 3 aliphatic rings. The Morgan fingerprint density at radius 3 is 2.32 bits per heavy atom. The Bertz CT molecular complexity index is 737. The van der Waals surface area contributed by atoms with Gasteiger partial charge in [0.05, 0.1) is 17.8 Å². The Hall–Kier alpha value is -1.16. The van der Waals surface area contributed by atoms with E-state index < -0.39 is 17.8 Å².